The number of allylic oxidation sites excluding steroid dienone is 1. The number of nitriles is 1. The Hall–Kier alpha value is -2.29. The summed E-state index contributed by atoms with van der Waals surface area (Å²) in [5, 5.41) is 16.0. The zero-order valence-electron chi connectivity index (χ0n) is 10.4. The monoisotopic (exact) mass is 295 g/mol. The van der Waals surface area contributed by atoms with Crippen LogP contribution in [0.2, 0.25) is 0 Å². The molecule has 0 saturated heterocycles. The highest BCUT2D eigenvalue weighted by molar-refractivity contribution is 7.11. The first-order valence-corrected chi connectivity index (χ1v) is 7.69. The molecule has 0 spiro atoms. The molecule has 0 aliphatic heterocycles. The minimum Gasteiger partial charge on any atom is -0.265 e. The van der Waals surface area contributed by atoms with Gasteiger partial charge in [0.15, 0.2) is 0 Å². The Morgan fingerprint density at radius 3 is 2.75 bits per heavy atom. The lowest BCUT2D eigenvalue weighted by atomic mass is 10.2. The Kier molecular flexibility index (Phi) is 3.68. The summed E-state index contributed by atoms with van der Waals surface area (Å²) in [6.07, 6.45) is 5.34. The molecule has 5 heteroatoms. The fourth-order valence-corrected chi connectivity index (χ4v) is 3.13. The quantitative estimate of drug-likeness (QED) is 0.676. The van der Waals surface area contributed by atoms with E-state index in [1.165, 1.54) is 11.3 Å². The highest BCUT2D eigenvalue weighted by atomic mass is 32.1. The van der Waals surface area contributed by atoms with E-state index in [1.54, 1.807) is 23.7 Å². The summed E-state index contributed by atoms with van der Waals surface area (Å²) in [4.78, 5) is 8.53. The van der Waals surface area contributed by atoms with Crippen LogP contribution in [0.4, 0.5) is 0 Å². The zero-order chi connectivity index (χ0) is 13.8. The summed E-state index contributed by atoms with van der Waals surface area (Å²) in [6.45, 7) is 0. The van der Waals surface area contributed by atoms with Crippen LogP contribution in [-0.4, -0.2) is 9.97 Å². The van der Waals surface area contributed by atoms with Gasteiger partial charge in [0.05, 0.1) is 11.3 Å². The standard InChI is InChI=1S/C15H9N3S2/c16-8-13(7-11-3-6-19-9-11)15-18-14(10-20-15)12-1-4-17-5-2-12/h1-7,9-10H/b13-7-. The molecule has 0 aliphatic carbocycles. The fraction of sp³-hybridized carbons (Fsp3) is 0. The van der Waals surface area contributed by atoms with Crippen LogP contribution in [0.3, 0.4) is 0 Å². The van der Waals surface area contributed by atoms with Crippen LogP contribution in [0.25, 0.3) is 22.9 Å². The van der Waals surface area contributed by atoms with Crippen LogP contribution in [0.5, 0.6) is 0 Å². The van der Waals surface area contributed by atoms with Crippen molar-refractivity contribution in [3.8, 4) is 17.3 Å². The Morgan fingerprint density at radius 1 is 1.20 bits per heavy atom. The van der Waals surface area contributed by atoms with E-state index >= 15 is 0 Å². The number of hydrogen-bond acceptors (Lipinski definition) is 5. The topological polar surface area (TPSA) is 49.6 Å². The average molecular weight is 295 g/mol. The predicted octanol–water partition coefficient (Wildman–Crippen LogP) is 4.33. The lowest BCUT2D eigenvalue weighted by molar-refractivity contribution is 1.31. The Labute approximate surface area is 124 Å². The molecule has 0 radical (unpaired) electrons. The van der Waals surface area contributed by atoms with Crippen molar-refractivity contribution in [3.05, 3.63) is 57.3 Å². The number of hydrogen-bond donors (Lipinski definition) is 0. The number of rotatable bonds is 3. The fourth-order valence-electron chi connectivity index (χ4n) is 1.72. The lowest BCUT2D eigenvalue weighted by Gasteiger charge is -1.94. The minimum absolute atomic E-state index is 0.591. The van der Waals surface area contributed by atoms with Crippen LogP contribution >= 0.6 is 22.7 Å². The van der Waals surface area contributed by atoms with Crippen molar-refractivity contribution in [1.29, 1.82) is 5.26 Å². The van der Waals surface area contributed by atoms with Gasteiger partial charge in [0, 0.05) is 23.3 Å². The molecule has 0 saturated carbocycles. The molecule has 3 aromatic rings. The van der Waals surface area contributed by atoms with E-state index in [9.17, 15) is 5.26 Å². The van der Waals surface area contributed by atoms with Gasteiger partial charge in [-0.2, -0.15) is 16.6 Å². The number of pyridine rings is 1. The Balaban J connectivity index is 1.95. The molecule has 3 nitrogen and oxygen atoms in total. The highest BCUT2D eigenvalue weighted by Crippen LogP contribution is 2.27. The first-order chi connectivity index (χ1) is 9.86. The van der Waals surface area contributed by atoms with Crippen LogP contribution in [0, 0.1) is 11.3 Å². The molecular formula is C15H9N3S2. The lowest BCUT2D eigenvalue weighted by Crippen LogP contribution is -1.82. The zero-order valence-corrected chi connectivity index (χ0v) is 12.0. The maximum Gasteiger partial charge on any atom is 0.134 e. The maximum atomic E-state index is 9.30. The molecular weight excluding hydrogens is 286 g/mol. The van der Waals surface area contributed by atoms with E-state index in [0.29, 0.717) is 5.57 Å². The smallest absolute Gasteiger partial charge is 0.134 e. The van der Waals surface area contributed by atoms with Crippen molar-refractivity contribution < 1.29 is 0 Å². The molecule has 96 valence electrons. The third-order valence-corrected chi connectivity index (χ3v) is 4.26. The van der Waals surface area contributed by atoms with Gasteiger partial charge in [0.1, 0.15) is 11.1 Å². The molecule has 3 aromatic heterocycles. The van der Waals surface area contributed by atoms with E-state index in [4.69, 9.17) is 0 Å². The van der Waals surface area contributed by atoms with Gasteiger partial charge in [-0.25, -0.2) is 4.98 Å². The molecule has 0 bridgehead atoms. The van der Waals surface area contributed by atoms with Crippen molar-refractivity contribution in [2.75, 3.05) is 0 Å². The second kappa shape index (κ2) is 5.78. The molecule has 0 aliphatic rings. The van der Waals surface area contributed by atoms with E-state index in [-0.39, 0.29) is 0 Å². The SMILES string of the molecule is N#C/C(=C/c1ccsc1)c1nc(-c2ccncc2)cs1. The van der Waals surface area contributed by atoms with Crippen molar-refractivity contribution in [2.45, 2.75) is 0 Å². The average Bonchev–Trinajstić information content (AvgIpc) is 3.17. The summed E-state index contributed by atoms with van der Waals surface area (Å²) >= 11 is 3.09. The molecule has 0 aromatic carbocycles. The van der Waals surface area contributed by atoms with Crippen molar-refractivity contribution in [3.63, 3.8) is 0 Å². The first kappa shape index (κ1) is 12.7. The third kappa shape index (κ3) is 2.67. The number of nitrogens with zero attached hydrogens (tertiary/aromatic N) is 3. The van der Waals surface area contributed by atoms with Gasteiger partial charge in [0.2, 0.25) is 0 Å². The first-order valence-electron chi connectivity index (χ1n) is 5.87. The van der Waals surface area contributed by atoms with E-state index < -0.39 is 0 Å². The van der Waals surface area contributed by atoms with Gasteiger partial charge in [-0.15, -0.1) is 11.3 Å². The van der Waals surface area contributed by atoms with Gasteiger partial charge in [0.25, 0.3) is 0 Å². The van der Waals surface area contributed by atoms with Crippen LogP contribution in [0.15, 0.2) is 46.7 Å². The summed E-state index contributed by atoms with van der Waals surface area (Å²) in [7, 11) is 0. The maximum absolute atomic E-state index is 9.30. The van der Waals surface area contributed by atoms with E-state index in [1.807, 2.05) is 40.4 Å². The third-order valence-electron chi connectivity index (χ3n) is 2.69. The summed E-state index contributed by atoms with van der Waals surface area (Å²) in [6, 6.07) is 8.03. The molecule has 0 unspecified atom stereocenters. The molecule has 0 amide bonds. The van der Waals surface area contributed by atoms with E-state index in [2.05, 4.69) is 16.0 Å². The van der Waals surface area contributed by atoms with Crippen molar-refractivity contribution >= 4 is 34.3 Å². The Bertz CT molecular complexity index is 765. The number of aromatic nitrogens is 2. The highest BCUT2D eigenvalue weighted by Gasteiger charge is 2.09. The normalized spacial score (nSPS) is 11.2. The number of thiazole rings is 1. The number of thiophene rings is 1. The van der Waals surface area contributed by atoms with Gasteiger partial charge < -0.3 is 0 Å². The van der Waals surface area contributed by atoms with Crippen LogP contribution in [-0.2, 0) is 0 Å². The molecule has 20 heavy (non-hydrogen) atoms. The van der Waals surface area contributed by atoms with Crippen LogP contribution < -0.4 is 0 Å². The molecule has 3 rings (SSSR count). The second-order valence-electron chi connectivity index (χ2n) is 4.00. The summed E-state index contributed by atoms with van der Waals surface area (Å²) in [5.74, 6) is 0. The molecule has 0 N–H and O–H groups in total. The molecule has 0 atom stereocenters. The van der Waals surface area contributed by atoms with Gasteiger partial charge in [-0.3, -0.25) is 4.98 Å². The van der Waals surface area contributed by atoms with Gasteiger partial charge in [-0.05, 0) is 40.6 Å². The summed E-state index contributed by atoms with van der Waals surface area (Å²) < 4.78 is 0. The molecule has 0 fully saturated rings. The predicted molar refractivity (Wildman–Crippen MR) is 83.1 cm³/mol. The largest absolute Gasteiger partial charge is 0.265 e. The van der Waals surface area contributed by atoms with Gasteiger partial charge >= 0.3 is 0 Å². The van der Waals surface area contributed by atoms with Gasteiger partial charge in [-0.1, -0.05) is 0 Å². The summed E-state index contributed by atoms with van der Waals surface area (Å²) in [5.41, 5.74) is 3.51. The Morgan fingerprint density at radius 2 is 2.05 bits per heavy atom. The van der Waals surface area contributed by atoms with E-state index in [0.717, 1.165) is 21.8 Å². The second-order valence-corrected chi connectivity index (χ2v) is 5.64. The van der Waals surface area contributed by atoms with Crippen molar-refractivity contribution in [1.82, 2.24) is 9.97 Å². The van der Waals surface area contributed by atoms with Crippen molar-refractivity contribution in [2.24, 2.45) is 0 Å². The minimum atomic E-state index is 0.591. The molecule has 3 heterocycles. The van der Waals surface area contributed by atoms with Crippen LogP contribution in [0.1, 0.15) is 10.6 Å².